The zero-order valence-corrected chi connectivity index (χ0v) is 17.6. The normalized spacial score (nSPS) is 11.7. The zero-order valence-electron chi connectivity index (χ0n) is 17.6. The van der Waals surface area contributed by atoms with Crippen LogP contribution in [0.1, 0.15) is 13.8 Å². The molecule has 1 aromatic heterocycles. The first-order valence-corrected chi connectivity index (χ1v) is 9.80. The molecule has 1 unspecified atom stereocenters. The van der Waals surface area contributed by atoms with Crippen LogP contribution in [0.2, 0.25) is 0 Å². The van der Waals surface area contributed by atoms with E-state index < -0.39 is 12.1 Å². The van der Waals surface area contributed by atoms with Crippen molar-refractivity contribution in [3.05, 3.63) is 59.0 Å². The molecular formula is C23H24O8. The van der Waals surface area contributed by atoms with Gasteiger partial charge in [-0.05, 0) is 50.2 Å². The molecule has 3 rings (SSSR count). The molecule has 0 bridgehead atoms. The quantitative estimate of drug-likeness (QED) is 0.354. The van der Waals surface area contributed by atoms with Crippen LogP contribution in [0.3, 0.4) is 0 Å². The molecule has 1 heterocycles. The van der Waals surface area contributed by atoms with E-state index in [0.717, 1.165) is 0 Å². The maximum Gasteiger partial charge on any atom is 0.347 e. The Morgan fingerprint density at radius 1 is 1.03 bits per heavy atom. The number of hydrogen-bond acceptors (Lipinski definition) is 8. The zero-order chi connectivity index (χ0) is 22.2. The van der Waals surface area contributed by atoms with E-state index in [9.17, 15) is 9.59 Å². The number of carbonyl (C=O) groups excluding carboxylic acids is 1. The summed E-state index contributed by atoms with van der Waals surface area (Å²) in [5.74, 6) is 1.07. The molecule has 0 saturated carbocycles. The van der Waals surface area contributed by atoms with E-state index in [0.29, 0.717) is 41.4 Å². The van der Waals surface area contributed by atoms with Crippen molar-refractivity contribution in [3.63, 3.8) is 0 Å². The van der Waals surface area contributed by atoms with Crippen LogP contribution in [0.25, 0.3) is 11.0 Å². The van der Waals surface area contributed by atoms with Gasteiger partial charge < -0.3 is 28.1 Å². The van der Waals surface area contributed by atoms with E-state index in [1.807, 2.05) is 6.92 Å². The monoisotopic (exact) mass is 428 g/mol. The molecule has 0 saturated heterocycles. The van der Waals surface area contributed by atoms with Gasteiger partial charge in [-0.1, -0.05) is 0 Å². The van der Waals surface area contributed by atoms with E-state index in [4.69, 9.17) is 28.1 Å². The lowest BCUT2D eigenvalue weighted by Crippen LogP contribution is -2.27. The lowest BCUT2D eigenvalue weighted by atomic mass is 10.2. The predicted octanol–water partition coefficient (Wildman–Crippen LogP) is 3.94. The van der Waals surface area contributed by atoms with Gasteiger partial charge in [0, 0.05) is 12.7 Å². The second kappa shape index (κ2) is 10.5. The van der Waals surface area contributed by atoms with Gasteiger partial charge in [-0.3, -0.25) is 4.79 Å². The van der Waals surface area contributed by atoms with Crippen molar-refractivity contribution < 1.29 is 32.9 Å². The SMILES string of the molecule is CCOCCOC(=O)C(C)Oc1ccc2c(=O)c(Oc3ccc(OC)cc3)coc2c1. The second-order valence-corrected chi connectivity index (χ2v) is 6.49. The highest BCUT2D eigenvalue weighted by Gasteiger charge is 2.17. The molecule has 164 valence electrons. The van der Waals surface area contributed by atoms with E-state index in [1.165, 1.54) is 12.3 Å². The molecule has 3 aromatic rings. The van der Waals surface area contributed by atoms with Gasteiger partial charge in [0.2, 0.25) is 11.2 Å². The third kappa shape index (κ3) is 5.76. The molecule has 0 aliphatic rings. The Bertz CT molecular complexity index is 1070. The van der Waals surface area contributed by atoms with Crippen molar-refractivity contribution in [1.82, 2.24) is 0 Å². The van der Waals surface area contributed by atoms with Gasteiger partial charge in [-0.25, -0.2) is 4.79 Å². The summed E-state index contributed by atoms with van der Waals surface area (Å²) in [6, 6.07) is 11.5. The Labute approximate surface area is 179 Å². The predicted molar refractivity (Wildman–Crippen MR) is 113 cm³/mol. The van der Waals surface area contributed by atoms with Crippen molar-refractivity contribution in [3.8, 4) is 23.0 Å². The molecule has 0 aliphatic carbocycles. The minimum atomic E-state index is -0.830. The summed E-state index contributed by atoms with van der Waals surface area (Å²) >= 11 is 0. The Morgan fingerprint density at radius 3 is 2.45 bits per heavy atom. The fraction of sp³-hybridized carbons (Fsp3) is 0.304. The number of rotatable bonds is 10. The van der Waals surface area contributed by atoms with Crippen LogP contribution < -0.4 is 19.6 Å². The van der Waals surface area contributed by atoms with Crippen LogP contribution in [-0.4, -0.2) is 39.0 Å². The summed E-state index contributed by atoms with van der Waals surface area (Å²) in [7, 11) is 1.57. The van der Waals surface area contributed by atoms with Crippen molar-refractivity contribution in [2.24, 2.45) is 0 Å². The number of hydrogen-bond donors (Lipinski definition) is 0. The first kappa shape index (κ1) is 22.2. The maximum atomic E-state index is 12.7. The van der Waals surface area contributed by atoms with Crippen LogP contribution in [0.5, 0.6) is 23.0 Å². The standard InChI is InChI=1S/C23H24O8/c1-4-27-11-12-28-23(25)15(2)30-18-9-10-19-20(13-18)29-14-21(22(19)24)31-17-7-5-16(26-3)6-8-17/h5-10,13-15H,4,11-12H2,1-3H3. The van der Waals surface area contributed by atoms with Crippen molar-refractivity contribution in [2.45, 2.75) is 20.0 Å². The van der Waals surface area contributed by atoms with Crippen LogP contribution >= 0.6 is 0 Å². The van der Waals surface area contributed by atoms with Gasteiger partial charge in [0.05, 0.1) is 19.1 Å². The lowest BCUT2D eigenvalue weighted by Gasteiger charge is -2.14. The van der Waals surface area contributed by atoms with Crippen LogP contribution in [-0.2, 0) is 14.3 Å². The Kier molecular flexibility index (Phi) is 7.50. The van der Waals surface area contributed by atoms with Crippen molar-refractivity contribution >= 4 is 16.9 Å². The van der Waals surface area contributed by atoms with E-state index in [2.05, 4.69) is 0 Å². The maximum absolute atomic E-state index is 12.7. The van der Waals surface area contributed by atoms with Gasteiger partial charge in [0.25, 0.3) is 0 Å². The fourth-order valence-electron chi connectivity index (χ4n) is 2.72. The van der Waals surface area contributed by atoms with Crippen LogP contribution in [0.15, 0.2) is 57.9 Å². The highest BCUT2D eigenvalue weighted by atomic mass is 16.6. The first-order chi connectivity index (χ1) is 15.0. The van der Waals surface area contributed by atoms with Gasteiger partial charge in [0.1, 0.15) is 35.7 Å². The van der Waals surface area contributed by atoms with Crippen LogP contribution in [0, 0.1) is 0 Å². The molecule has 2 aromatic carbocycles. The Hall–Kier alpha value is -3.52. The van der Waals surface area contributed by atoms with Gasteiger partial charge >= 0.3 is 5.97 Å². The smallest absolute Gasteiger partial charge is 0.347 e. The second-order valence-electron chi connectivity index (χ2n) is 6.49. The van der Waals surface area contributed by atoms with E-state index in [-0.39, 0.29) is 17.8 Å². The lowest BCUT2D eigenvalue weighted by molar-refractivity contribution is -0.152. The third-order valence-corrected chi connectivity index (χ3v) is 4.32. The molecule has 1 atom stereocenters. The number of carbonyl (C=O) groups is 1. The molecule has 8 nitrogen and oxygen atoms in total. The molecule has 8 heteroatoms. The number of fused-ring (bicyclic) bond motifs is 1. The summed E-state index contributed by atoms with van der Waals surface area (Å²) in [6.45, 7) is 4.48. The summed E-state index contributed by atoms with van der Waals surface area (Å²) in [6.07, 6.45) is 0.410. The number of benzene rings is 2. The summed E-state index contributed by atoms with van der Waals surface area (Å²) in [4.78, 5) is 24.7. The molecule has 0 spiro atoms. The Morgan fingerprint density at radius 2 is 1.74 bits per heavy atom. The fourth-order valence-corrected chi connectivity index (χ4v) is 2.72. The highest BCUT2D eigenvalue weighted by molar-refractivity contribution is 5.79. The number of ether oxygens (including phenoxy) is 5. The number of esters is 1. The summed E-state index contributed by atoms with van der Waals surface area (Å²) in [5, 5.41) is 0.324. The number of methoxy groups -OCH3 is 1. The molecule has 0 amide bonds. The average molecular weight is 428 g/mol. The minimum Gasteiger partial charge on any atom is -0.497 e. The van der Waals surface area contributed by atoms with E-state index in [1.54, 1.807) is 50.4 Å². The van der Waals surface area contributed by atoms with Gasteiger partial charge in [-0.2, -0.15) is 0 Å². The first-order valence-electron chi connectivity index (χ1n) is 9.80. The van der Waals surface area contributed by atoms with Crippen molar-refractivity contribution in [2.75, 3.05) is 26.9 Å². The van der Waals surface area contributed by atoms with Gasteiger partial charge in [0.15, 0.2) is 6.10 Å². The van der Waals surface area contributed by atoms with Crippen LogP contribution in [0.4, 0.5) is 0 Å². The topological polar surface area (TPSA) is 93.4 Å². The summed E-state index contributed by atoms with van der Waals surface area (Å²) < 4.78 is 32.1. The highest BCUT2D eigenvalue weighted by Crippen LogP contribution is 2.25. The average Bonchev–Trinajstić information content (AvgIpc) is 2.79. The molecular weight excluding hydrogens is 404 g/mol. The molecule has 0 aliphatic heterocycles. The van der Waals surface area contributed by atoms with E-state index >= 15 is 0 Å². The largest absolute Gasteiger partial charge is 0.497 e. The van der Waals surface area contributed by atoms with Gasteiger partial charge in [-0.15, -0.1) is 0 Å². The molecule has 0 N–H and O–H groups in total. The molecule has 31 heavy (non-hydrogen) atoms. The Balaban J connectivity index is 1.69. The van der Waals surface area contributed by atoms with Crippen molar-refractivity contribution in [1.29, 1.82) is 0 Å². The third-order valence-electron chi connectivity index (χ3n) is 4.32. The molecule has 0 radical (unpaired) electrons. The molecule has 0 fully saturated rings. The summed E-state index contributed by atoms with van der Waals surface area (Å²) in [5.41, 5.74) is -0.0199. The minimum absolute atomic E-state index is 0.0533.